The molecule has 0 aromatic heterocycles. The number of aromatic carboxylic acids is 1. The van der Waals surface area contributed by atoms with Crippen molar-refractivity contribution in [1.29, 1.82) is 0 Å². The molecule has 1 aliphatic rings. The van der Waals surface area contributed by atoms with E-state index in [1.807, 2.05) is 24.3 Å². The minimum Gasteiger partial charge on any atom is -0.478 e. The number of carbonyl (C=O) groups is 3. The van der Waals surface area contributed by atoms with Crippen molar-refractivity contribution in [2.75, 3.05) is 18.5 Å². The first-order valence-corrected chi connectivity index (χ1v) is 11.2. The van der Waals surface area contributed by atoms with Crippen LogP contribution in [0.2, 0.25) is 5.02 Å². The maximum atomic E-state index is 12.2. The molecule has 0 heterocycles. The molecular formula is C26H23ClN2O5. The zero-order valence-corrected chi connectivity index (χ0v) is 19.0. The lowest BCUT2D eigenvalue weighted by molar-refractivity contribution is -0.116. The molecule has 34 heavy (non-hydrogen) atoms. The normalized spacial score (nSPS) is 11.9. The van der Waals surface area contributed by atoms with Crippen LogP contribution in [0.25, 0.3) is 11.1 Å². The van der Waals surface area contributed by atoms with Crippen LogP contribution in [-0.2, 0) is 9.53 Å². The van der Waals surface area contributed by atoms with Gasteiger partial charge in [-0.25, -0.2) is 9.59 Å². The molecule has 0 atom stereocenters. The lowest BCUT2D eigenvalue weighted by atomic mass is 9.98. The molecule has 0 spiro atoms. The zero-order chi connectivity index (χ0) is 24.1. The maximum absolute atomic E-state index is 12.2. The molecule has 4 rings (SSSR count). The number of benzene rings is 3. The molecule has 0 saturated heterocycles. The number of anilines is 1. The predicted molar refractivity (Wildman–Crippen MR) is 129 cm³/mol. The standard InChI is InChI=1S/C26H23ClN2O5/c27-16-11-12-21(25(31)32)23(14-16)29-24(30)10-5-13-28-26(33)34-15-22-19-8-3-1-6-17(19)18-7-2-4-9-20(18)22/h1-4,6-9,11-12,14,22H,5,10,13,15H2,(H,28,33)(H,29,30)(H,31,32). The van der Waals surface area contributed by atoms with E-state index in [9.17, 15) is 19.5 Å². The number of ether oxygens (including phenoxy) is 1. The average molecular weight is 479 g/mol. The Morgan fingerprint density at radius 1 is 0.941 bits per heavy atom. The van der Waals surface area contributed by atoms with Gasteiger partial charge in [-0.05, 0) is 46.9 Å². The number of halogens is 1. The van der Waals surface area contributed by atoms with Crippen LogP contribution in [-0.4, -0.2) is 36.2 Å². The molecule has 3 aromatic carbocycles. The zero-order valence-electron chi connectivity index (χ0n) is 18.2. The van der Waals surface area contributed by atoms with Gasteiger partial charge < -0.3 is 20.5 Å². The van der Waals surface area contributed by atoms with E-state index in [1.54, 1.807) is 0 Å². The Hall–Kier alpha value is -3.84. The van der Waals surface area contributed by atoms with Gasteiger partial charge in [0.05, 0.1) is 11.3 Å². The van der Waals surface area contributed by atoms with Crippen LogP contribution >= 0.6 is 11.6 Å². The monoisotopic (exact) mass is 478 g/mol. The first-order chi connectivity index (χ1) is 16.4. The fraction of sp³-hybridized carbons (Fsp3) is 0.192. The van der Waals surface area contributed by atoms with E-state index in [1.165, 1.54) is 18.2 Å². The highest BCUT2D eigenvalue weighted by Gasteiger charge is 2.28. The number of carbonyl (C=O) groups excluding carboxylic acids is 2. The SMILES string of the molecule is O=C(CCCNC(=O)OCC1c2ccccc2-c2ccccc21)Nc1cc(Cl)ccc1C(=O)O. The van der Waals surface area contributed by atoms with E-state index >= 15 is 0 Å². The van der Waals surface area contributed by atoms with Crippen molar-refractivity contribution >= 4 is 35.3 Å². The number of rotatable bonds is 8. The molecule has 8 heteroatoms. The highest BCUT2D eigenvalue weighted by atomic mass is 35.5. The van der Waals surface area contributed by atoms with Crippen molar-refractivity contribution in [3.8, 4) is 11.1 Å². The fourth-order valence-corrected chi connectivity index (χ4v) is 4.28. The third-order valence-corrected chi connectivity index (χ3v) is 5.91. The molecule has 0 radical (unpaired) electrons. The molecule has 3 aromatic rings. The Balaban J connectivity index is 1.23. The number of fused-ring (bicyclic) bond motifs is 3. The first kappa shape index (κ1) is 23.3. The number of nitrogens with one attached hydrogen (secondary N) is 2. The van der Waals surface area contributed by atoms with Crippen LogP contribution in [0.1, 0.15) is 40.2 Å². The Morgan fingerprint density at radius 2 is 1.59 bits per heavy atom. The van der Waals surface area contributed by atoms with Crippen molar-refractivity contribution in [3.63, 3.8) is 0 Å². The van der Waals surface area contributed by atoms with Crippen molar-refractivity contribution in [3.05, 3.63) is 88.4 Å². The van der Waals surface area contributed by atoms with Crippen LogP contribution in [0.5, 0.6) is 0 Å². The molecule has 0 bridgehead atoms. The van der Waals surface area contributed by atoms with Gasteiger partial charge in [0.2, 0.25) is 5.91 Å². The smallest absolute Gasteiger partial charge is 0.407 e. The van der Waals surface area contributed by atoms with Gasteiger partial charge in [-0.1, -0.05) is 60.1 Å². The summed E-state index contributed by atoms with van der Waals surface area (Å²) in [6, 6.07) is 20.4. The summed E-state index contributed by atoms with van der Waals surface area (Å²) in [6.07, 6.45) is -0.0981. The molecule has 7 nitrogen and oxygen atoms in total. The van der Waals surface area contributed by atoms with E-state index in [4.69, 9.17) is 16.3 Å². The predicted octanol–water partition coefficient (Wildman–Crippen LogP) is 5.30. The van der Waals surface area contributed by atoms with Gasteiger partial charge in [0.25, 0.3) is 0 Å². The molecule has 0 aliphatic heterocycles. The summed E-state index contributed by atoms with van der Waals surface area (Å²) in [6.45, 7) is 0.457. The Morgan fingerprint density at radius 3 is 2.24 bits per heavy atom. The summed E-state index contributed by atoms with van der Waals surface area (Å²) in [5.74, 6) is -1.56. The number of amides is 2. The minimum absolute atomic E-state index is 0.0231. The first-order valence-electron chi connectivity index (χ1n) is 10.9. The summed E-state index contributed by atoms with van der Waals surface area (Å²) in [5.41, 5.74) is 4.67. The molecule has 1 aliphatic carbocycles. The van der Waals surface area contributed by atoms with Gasteiger partial charge in [0, 0.05) is 23.9 Å². The van der Waals surface area contributed by atoms with Gasteiger partial charge in [-0.3, -0.25) is 4.79 Å². The summed E-state index contributed by atoms with van der Waals surface area (Å²) < 4.78 is 5.47. The maximum Gasteiger partial charge on any atom is 0.407 e. The van der Waals surface area contributed by atoms with Crippen LogP contribution < -0.4 is 10.6 Å². The number of carboxylic acid groups (broad SMARTS) is 1. The minimum atomic E-state index is -1.16. The van der Waals surface area contributed by atoms with Crippen LogP contribution in [0.3, 0.4) is 0 Å². The average Bonchev–Trinajstić information content (AvgIpc) is 3.14. The summed E-state index contributed by atoms with van der Waals surface area (Å²) in [4.78, 5) is 35.7. The summed E-state index contributed by atoms with van der Waals surface area (Å²) >= 11 is 5.89. The third-order valence-electron chi connectivity index (χ3n) is 5.68. The number of alkyl carbamates (subject to hydrolysis) is 1. The molecule has 0 fully saturated rings. The number of hydrogen-bond acceptors (Lipinski definition) is 4. The van der Waals surface area contributed by atoms with Crippen molar-refractivity contribution in [2.45, 2.75) is 18.8 Å². The van der Waals surface area contributed by atoms with Gasteiger partial charge in [-0.2, -0.15) is 0 Å². The van der Waals surface area contributed by atoms with Crippen molar-refractivity contribution < 1.29 is 24.2 Å². The molecule has 0 unspecified atom stereocenters. The molecule has 174 valence electrons. The molecule has 2 amide bonds. The number of hydrogen-bond donors (Lipinski definition) is 3. The van der Waals surface area contributed by atoms with E-state index < -0.39 is 12.1 Å². The molecular weight excluding hydrogens is 456 g/mol. The van der Waals surface area contributed by atoms with Crippen LogP contribution in [0, 0.1) is 0 Å². The van der Waals surface area contributed by atoms with Gasteiger partial charge in [0.15, 0.2) is 0 Å². The van der Waals surface area contributed by atoms with Crippen molar-refractivity contribution in [1.82, 2.24) is 5.32 Å². The van der Waals surface area contributed by atoms with E-state index in [-0.39, 0.29) is 42.6 Å². The van der Waals surface area contributed by atoms with Crippen LogP contribution in [0.15, 0.2) is 66.7 Å². The van der Waals surface area contributed by atoms with Crippen molar-refractivity contribution in [2.24, 2.45) is 0 Å². The van der Waals surface area contributed by atoms with E-state index in [0.717, 1.165) is 22.3 Å². The highest BCUT2D eigenvalue weighted by Crippen LogP contribution is 2.44. The van der Waals surface area contributed by atoms with Gasteiger partial charge in [-0.15, -0.1) is 0 Å². The fourth-order valence-electron chi connectivity index (χ4n) is 4.11. The Bertz CT molecular complexity index is 1200. The molecule has 3 N–H and O–H groups in total. The Labute approximate surface area is 201 Å². The Kier molecular flexibility index (Phi) is 7.13. The van der Waals surface area contributed by atoms with E-state index in [2.05, 4.69) is 34.9 Å². The second kappa shape index (κ2) is 10.4. The quantitative estimate of drug-likeness (QED) is 0.381. The van der Waals surface area contributed by atoms with Gasteiger partial charge >= 0.3 is 12.1 Å². The van der Waals surface area contributed by atoms with Crippen LogP contribution in [0.4, 0.5) is 10.5 Å². The summed E-state index contributed by atoms with van der Waals surface area (Å²) in [5, 5.41) is 14.8. The second-order valence-corrected chi connectivity index (χ2v) is 8.34. The highest BCUT2D eigenvalue weighted by molar-refractivity contribution is 6.31. The lowest BCUT2D eigenvalue weighted by Gasteiger charge is -2.14. The largest absolute Gasteiger partial charge is 0.478 e. The second-order valence-electron chi connectivity index (χ2n) is 7.90. The van der Waals surface area contributed by atoms with Gasteiger partial charge in [0.1, 0.15) is 6.61 Å². The number of carboxylic acids is 1. The van der Waals surface area contributed by atoms with E-state index in [0.29, 0.717) is 11.4 Å². The summed E-state index contributed by atoms with van der Waals surface area (Å²) in [7, 11) is 0. The third kappa shape index (κ3) is 5.21. The topological polar surface area (TPSA) is 105 Å². The molecule has 0 saturated carbocycles. The lowest BCUT2D eigenvalue weighted by Crippen LogP contribution is -2.27.